The van der Waals surface area contributed by atoms with Crippen molar-refractivity contribution in [1.29, 1.82) is 0 Å². The Morgan fingerprint density at radius 3 is 2.29 bits per heavy atom. The van der Waals surface area contributed by atoms with Gasteiger partial charge < -0.3 is 10.2 Å². The van der Waals surface area contributed by atoms with Crippen LogP contribution in [0, 0.1) is 6.92 Å². The van der Waals surface area contributed by atoms with E-state index in [4.69, 9.17) is 11.6 Å². The Morgan fingerprint density at radius 1 is 1.06 bits per heavy atom. The number of anilines is 1. The standard InChI is InChI=1S/C25H34ClN3O4S/c1-5-7-16-27-25(31)22(6-2)28(17-20-13-9-8-12-19(20)3)24(30)18-29(34(4,32)33)23-15-11-10-14-21(23)26/h8-15,22H,5-7,16-18H2,1-4H3,(H,27,31)/t22-/m1/s1. The van der Waals surface area contributed by atoms with E-state index in [1.807, 2.05) is 45.0 Å². The van der Waals surface area contributed by atoms with Crippen LogP contribution in [0.15, 0.2) is 48.5 Å². The molecule has 0 aromatic heterocycles. The zero-order chi connectivity index (χ0) is 25.3. The number of amides is 2. The van der Waals surface area contributed by atoms with Crippen molar-refractivity contribution in [3.63, 3.8) is 0 Å². The van der Waals surface area contributed by atoms with Gasteiger partial charge in [0.05, 0.1) is 17.0 Å². The van der Waals surface area contributed by atoms with Gasteiger partial charge in [0, 0.05) is 13.1 Å². The van der Waals surface area contributed by atoms with Gasteiger partial charge in [-0.25, -0.2) is 8.42 Å². The number of nitrogens with one attached hydrogen (secondary N) is 1. The van der Waals surface area contributed by atoms with Crippen molar-refractivity contribution >= 4 is 39.1 Å². The maximum atomic E-state index is 13.6. The minimum Gasteiger partial charge on any atom is -0.354 e. The Bertz CT molecular complexity index is 1090. The van der Waals surface area contributed by atoms with Gasteiger partial charge in [-0.3, -0.25) is 13.9 Å². The molecule has 2 amide bonds. The van der Waals surface area contributed by atoms with Gasteiger partial charge in [0.2, 0.25) is 21.8 Å². The normalized spacial score (nSPS) is 12.1. The Labute approximate surface area is 208 Å². The predicted molar refractivity (Wildman–Crippen MR) is 137 cm³/mol. The number of hydrogen-bond donors (Lipinski definition) is 1. The molecule has 0 unspecified atom stereocenters. The van der Waals surface area contributed by atoms with Crippen molar-refractivity contribution in [1.82, 2.24) is 10.2 Å². The Kier molecular flexibility index (Phi) is 10.4. The van der Waals surface area contributed by atoms with Crippen molar-refractivity contribution < 1.29 is 18.0 Å². The molecular weight excluding hydrogens is 474 g/mol. The van der Waals surface area contributed by atoms with E-state index in [1.165, 1.54) is 4.90 Å². The molecule has 0 heterocycles. The third kappa shape index (κ3) is 7.46. The predicted octanol–water partition coefficient (Wildman–Crippen LogP) is 4.14. The molecule has 186 valence electrons. The van der Waals surface area contributed by atoms with E-state index in [2.05, 4.69) is 5.32 Å². The SMILES string of the molecule is CCCCNC(=O)[C@@H](CC)N(Cc1ccccc1C)C(=O)CN(c1ccccc1Cl)S(C)(=O)=O. The summed E-state index contributed by atoms with van der Waals surface area (Å²) in [6.07, 6.45) is 3.19. The summed E-state index contributed by atoms with van der Waals surface area (Å²) in [5, 5.41) is 3.13. The summed E-state index contributed by atoms with van der Waals surface area (Å²) in [5.41, 5.74) is 2.09. The fourth-order valence-corrected chi connectivity index (χ4v) is 4.79. The maximum Gasteiger partial charge on any atom is 0.244 e. The Morgan fingerprint density at radius 2 is 1.71 bits per heavy atom. The van der Waals surface area contributed by atoms with E-state index < -0.39 is 28.5 Å². The molecule has 7 nitrogen and oxygen atoms in total. The smallest absolute Gasteiger partial charge is 0.244 e. The second-order valence-corrected chi connectivity index (χ2v) is 10.6. The lowest BCUT2D eigenvalue weighted by molar-refractivity contribution is -0.140. The highest BCUT2D eigenvalue weighted by Gasteiger charge is 2.32. The van der Waals surface area contributed by atoms with E-state index in [0.29, 0.717) is 13.0 Å². The number of sulfonamides is 1. The van der Waals surface area contributed by atoms with E-state index >= 15 is 0 Å². The first-order valence-corrected chi connectivity index (χ1v) is 13.7. The number of carbonyl (C=O) groups is 2. The van der Waals surface area contributed by atoms with Crippen LogP contribution in [0.1, 0.15) is 44.2 Å². The zero-order valence-corrected chi connectivity index (χ0v) is 21.8. The molecule has 0 radical (unpaired) electrons. The highest BCUT2D eigenvalue weighted by atomic mass is 35.5. The van der Waals surface area contributed by atoms with Crippen LogP contribution < -0.4 is 9.62 Å². The summed E-state index contributed by atoms with van der Waals surface area (Å²) >= 11 is 6.25. The fourth-order valence-electron chi connectivity index (χ4n) is 3.65. The van der Waals surface area contributed by atoms with Crippen LogP contribution in [0.3, 0.4) is 0 Å². The molecule has 2 aromatic carbocycles. The van der Waals surface area contributed by atoms with Gasteiger partial charge >= 0.3 is 0 Å². The first-order valence-electron chi connectivity index (χ1n) is 11.4. The van der Waals surface area contributed by atoms with E-state index in [0.717, 1.165) is 34.5 Å². The molecule has 0 aliphatic heterocycles. The van der Waals surface area contributed by atoms with E-state index in [-0.39, 0.29) is 23.2 Å². The third-order valence-electron chi connectivity index (χ3n) is 5.62. The molecule has 34 heavy (non-hydrogen) atoms. The molecule has 0 bridgehead atoms. The number of halogens is 1. The van der Waals surface area contributed by atoms with Gasteiger partial charge in [0.1, 0.15) is 12.6 Å². The number of rotatable bonds is 12. The summed E-state index contributed by atoms with van der Waals surface area (Å²) in [6, 6.07) is 13.3. The lowest BCUT2D eigenvalue weighted by Gasteiger charge is -2.33. The Balaban J connectivity index is 2.43. The minimum atomic E-state index is -3.82. The molecular formula is C25H34ClN3O4S. The molecule has 2 aromatic rings. The van der Waals surface area contributed by atoms with Gasteiger partial charge in [-0.05, 0) is 43.0 Å². The summed E-state index contributed by atoms with van der Waals surface area (Å²) in [4.78, 5) is 28.1. The average molecular weight is 508 g/mol. The maximum absolute atomic E-state index is 13.6. The van der Waals surface area contributed by atoms with Gasteiger partial charge in [-0.15, -0.1) is 0 Å². The number of aryl methyl sites for hydroxylation is 1. The highest BCUT2D eigenvalue weighted by Crippen LogP contribution is 2.27. The van der Waals surface area contributed by atoms with Crippen molar-refractivity contribution in [2.45, 2.75) is 52.6 Å². The largest absolute Gasteiger partial charge is 0.354 e. The molecule has 0 aliphatic rings. The van der Waals surface area contributed by atoms with Crippen molar-refractivity contribution in [2.75, 3.05) is 23.7 Å². The molecule has 2 rings (SSSR count). The molecule has 1 atom stereocenters. The summed E-state index contributed by atoms with van der Waals surface area (Å²) < 4.78 is 26.2. The molecule has 0 saturated carbocycles. The number of carbonyl (C=O) groups excluding carboxylic acids is 2. The minimum absolute atomic E-state index is 0.186. The first-order chi connectivity index (χ1) is 16.1. The fraction of sp³-hybridized carbons (Fsp3) is 0.440. The molecule has 9 heteroatoms. The number of benzene rings is 2. The van der Waals surface area contributed by atoms with Crippen LogP contribution in [0.5, 0.6) is 0 Å². The molecule has 0 saturated heterocycles. The number of unbranched alkanes of at least 4 members (excludes halogenated alkanes) is 1. The molecule has 1 N–H and O–H groups in total. The summed E-state index contributed by atoms with van der Waals surface area (Å²) in [6.45, 7) is 6.05. The monoisotopic (exact) mass is 507 g/mol. The van der Waals surface area contributed by atoms with Crippen LogP contribution in [0.4, 0.5) is 5.69 Å². The van der Waals surface area contributed by atoms with E-state index in [1.54, 1.807) is 24.3 Å². The highest BCUT2D eigenvalue weighted by molar-refractivity contribution is 7.92. The van der Waals surface area contributed by atoms with Crippen LogP contribution >= 0.6 is 11.6 Å². The van der Waals surface area contributed by atoms with Crippen molar-refractivity contribution in [3.8, 4) is 0 Å². The lowest BCUT2D eigenvalue weighted by Crippen LogP contribution is -2.52. The lowest BCUT2D eigenvalue weighted by atomic mass is 10.1. The average Bonchev–Trinajstić information content (AvgIpc) is 2.78. The quantitative estimate of drug-likeness (QED) is 0.437. The summed E-state index contributed by atoms with van der Waals surface area (Å²) in [7, 11) is -3.82. The number of hydrogen-bond acceptors (Lipinski definition) is 4. The van der Waals surface area contributed by atoms with Gasteiger partial charge in [-0.2, -0.15) is 0 Å². The number of nitrogens with zero attached hydrogens (tertiary/aromatic N) is 2. The van der Waals surface area contributed by atoms with Gasteiger partial charge in [-0.1, -0.05) is 68.3 Å². The molecule has 0 fully saturated rings. The second kappa shape index (κ2) is 12.8. The second-order valence-electron chi connectivity index (χ2n) is 8.24. The summed E-state index contributed by atoms with van der Waals surface area (Å²) in [5.74, 6) is -0.729. The Hall–Kier alpha value is -2.58. The zero-order valence-electron chi connectivity index (χ0n) is 20.3. The van der Waals surface area contributed by atoms with Crippen LogP contribution in [-0.2, 0) is 26.2 Å². The van der Waals surface area contributed by atoms with Crippen LogP contribution in [0.2, 0.25) is 5.02 Å². The first kappa shape index (κ1) is 27.7. The van der Waals surface area contributed by atoms with Crippen molar-refractivity contribution in [3.05, 3.63) is 64.7 Å². The van der Waals surface area contributed by atoms with Gasteiger partial charge in [0.25, 0.3) is 0 Å². The van der Waals surface area contributed by atoms with E-state index in [9.17, 15) is 18.0 Å². The van der Waals surface area contributed by atoms with Crippen LogP contribution in [-0.4, -0.2) is 50.5 Å². The number of para-hydroxylation sites is 1. The van der Waals surface area contributed by atoms with Gasteiger partial charge in [0.15, 0.2) is 0 Å². The molecule has 0 aliphatic carbocycles. The molecule has 0 spiro atoms. The van der Waals surface area contributed by atoms with Crippen molar-refractivity contribution in [2.24, 2.45) is 0 Å². The van der Waals surface area contributed by atoms with Crippen LogP contribution in [0.25, 0.3) is 0 Å². The topological polar surface area (TPSA) is 86.8 Å². The third-order valence-corrected chi connectivity index (χ3v) is 7.06.